The SMILES string of the molecule is COc1cc(-c2ccc(S(=O)(=O)NC3CCCCC3)cc2)ccn1. The minimum absolute atomic E-state index is 0.0629. The van der Waals surface area contributed by atoms with Gasteiger partial charge in [-0.15, -0.1) is 0 Å². The molecule has 0 aliphatic heterocycles. The van der Waals surface area contributed by atoms with Gasteiger partial charge in [-0.2, -0.15) is 0 Å². The van der Waals surface area contributed by atoms with Crippen molar-refractivity contribution in [2.45, 2.75) is 43.0 Å². The molecule has 1 fully saturated rings. The lowest BCUT2D eigenvalue weighted by molar-refractivity contribution is 0.398. The minimum Gasteiger partial charge on any atom is -0.481 e. The molecule has 1 aromatic carbocycles. The van der Waals surface area contributed by atoms with Crippen molar-refractivity contribution >= 4 is 10.0 Å². The smallest absolute Gasteiger partial charge is 0.240 e. The first-order valence-corrected chi connectivity index (χ1v) is 9.69. The fourth-order valence-corrected chi connectivity index (χ4v) is 4.34. The molecule has 0 radical (unpaired) electrons. The van der Waals surface area contributed by atoms with Crippen LogP contribution in [0.5, 0.6) is 5.88 Å². The van der Waals surface area contributed by atoms with Crippen LogP contribution in [0.1, 0.15) is 32.1 Å². The van der Waals surface area contributed by atoms with Crippen LogP contribution >= 0.6 is 0 Å². The Morgan fingerprint density at radius 3 is 2.42 bits per heavy atom. The number of hydrogen-bond donors (Lipinski definition) is 1. The molecule has 0 amide bonds. The van der Waals surface area contributed by atoms with Gasteiger partial charge in [0.1, 0.15) is 0 Å². The van der Waals surface area contributed by atoms with E-state index >= 15 is 0 Å². The van der Waals surface area contributed by atoms with Gasteiger partial charge in [-0.1, -0.05) is 31.4 Å². The van der Waals surface area contributed by atoms with Crippen molar-refractivity contribution in [2.75, 3.05) is 7.11 Å². The van der Waals surface area contributed by atoms with Gasteiger partial charge in [0, 0.05) is 18.3 Å². The third-order valence-corrected chi connectivity index (χ3v) is 5.91. The van der Waals surface area contributed by atoms with Crippen molar-refractivity contribution in [1.29, 1.82) is 0 Å². The van der Waals surface area contributed by atoms with Gasteiger partial charge in [0.25, 0.3) is 0 Å². The lowest BCUT2D eigenvalue weighted by atomic mass is 9.96. The first kappa shape index (κ1) is 16.9. The van der Waals surface area contributed by atoms with Crippen LogP contribution in [-0.2, 0) is 10.0 Å². The zero-order valence-corrected chi connectivity index (χ0v) is 14.6. The summed E-state index contributed by atoms with van der Waals surface area (Å²) in [4.78, 5) is 4.38. The number of pyridine rings is 1. The van der Waals surface area contributed by atoms with Gasteiger partial charge in [0.2, 0.25) is 15.9 Å². The third kappa shape index (κ3) is 3.94. The standard InChI is InChI=1S/C18H22N2O3S/c1-23-18-13-15(11-12-19-18)14-7-9-17(10-8-14)24(21,22)20-16-5-3-2-4-6-16/h7-13,16,20H,2-6H2,1H3. The third-order valence-electron chi connectivity index (χ3n) is 4.37. The van der Waals surface area contributed by atoms with Crippen LogP contribution in [0.4, 0.5) is 0 Å². The van der Waals surface area contributed by atoms with E-state index < -0.39 is 10.0 Å². The molecule has 1 aromatic heterocycles. The van der Waals surface area contributed by atoms with Crippen molar-refractivity contribution in [3.8, 4) is 17.0 Å². The summed E-state index contributed by atoms with van der Waals surface area (Å²) in [6.45, 7) is 0. The number of sulfonamides is 1. The molecule has 0 saturated heterocycles. The Morgan fingerprint density at radius 1 is 1.04 bits per heavy atom. The fraction of sp³-hybridized carbons (Fsp3) is 0.389. The summed E-state index contributed by atoms with van der Waals surface area (Å²) in [5.41, 5.74) is 1.86. The van der Waals surface area contributed by atoms with Crippen molar-refractivity contribution < 1.29 is 13.2 Å². The van der Waals surface area contributed by atoms with Crippen molar-refractivity contribution in [3.05, 3.63) is 42.6 Å². The zero-order valence-electron chi connectivity index (χ0n) is 13.7. The van der Waals surface area contributed by atoms with Crippen LogP contribution in [0.15, 0.2) is 47.5 Å². The van der Waals surface area contributed by atoms with Gasteiger partial charge in [-0.25, -0.2) is 18.1 Å². The highest BCUT2D eigenvalue weighted by Crippen LogP contribution is 2.24. The van der Waals surface area contributed by atoms with Gasteiger partial charge in [-0.05, 0) is 42.2 Å². The number of nitrogens with one attached hydrogen (secondary N) is 1. The Kier molecular flexibility index (Phi) is 5.16. The summed E-state index contributed by atoms with van der Waals surface area (Å²) in [6.07, 6.45) is 6.90. The Morgan fingerprint density at radius 2 is 1.75 bits per heavy atom. The summed E-state index contributed by atoms with van der Waals surface area (Å²) in [7, 11) is -1.89. The molecule has 1 aliphatic carbocycles. The van der Waals surface area contributed by atoms with Gasteiger partial charge in [0.05, 0.1) is 12.0 Å². The number of benzene rings is 1. The van der Waals surface area contributed by atoms with Crippen molar-refractivity contribution in [1.82, 2.24) is 9.71 Å². The lowest BCUT2D eigenvalue weighted by Crippen LogP contribution is -2.36. The van der Waals surface area contributed by atoms with E-state index in [1.54, 1.807) is 25.4 Å². The Labute approximate surface area is 143 Å². The molecule has 2 aromatic rings. The molecule has 1 heterocycles. The highest BCUT2D eigenvalue weighted by atomic mass is 32.2. The van der Waals surface area contributed by atoms with E-state index in [0.717, 1.165) is 36.8 Å². The average Bonchev–Trinajstić information content (AvgIpc) is 2.62. The maximum Gasteiger partial charge on any atom is 0.240 e. The molecule has 1 saturated carbocycles. The van der Waals surface area contributed by atoms with Crippen LogP contribution in [0, 0.1) is 0 Å². The van der Waals surface area contributed by atoms with E-state index in [4.69, 9.17) is 4.74 Å². The predicted octanol–water partition coefficient (Wildman–Crippen LogP) is 3.37. The fourth-order valence-electron chi connectivity index (χ4n) is 3.04. The first-order valence-electron chi connectivity index (χ1n) is 8.21. The largest absolute Gasteiger partial charge is 0.481 e. The summed E-state index contributed by atoms with van der Waals surface area (Å²) in [5, 5.41) is 0. The monoisotopic (exact) mass is 346 g/mol. The van der Waals surface area contributed by atoms with Crippen LogP contribution in [-0.4, -0.2) is 26.6 Å². The topological polar surface area (TPSA) is 68.3 Å². The quantitative estimate of drug-likeness (QED) is 0.901. The number of nitrogens with zero attached hydrogens (tertiary/aromatic N) is 1. The lowest BCUT2D eigenvalue weighted by Gasteiger charge is -2.22. The van der Waals surface area contributed by atoms with Gasteiger partial charge in [-0.3, -0.25) is 0 Å². The average molecular weight is 346 g/mol. The van der Waals surface area contributed by atoms with Crippen LogP contribution < -0.4 is 9.46 Å². The molecule has 6 heteroatoms. The summed E-state index contributed by atoms with van der Waals surface area (Å²) in [6, 6.07) is 10.7. The molecule has 1 aliphatic rings. The van der Waals surface area contributed by atoms with E-state index in [2.05, 4.69) is 9.71 Å². The first-order chi connectivity index (χ1) is 11.6. The highest BCUT2D eigenvalue weighted by molar-refractivity contribution is 7.89. The minimum atomic E-state index is -3.46. The van der Waals surface area contributed by atoms with E-state index in [1.165, 1.54) is 6.42 Å². The molecule has 5 nitrogen and oxygen atoms in total. The number of rotatable bonds is 5. The molecular weight excluding hydrogens is 324 g/mol. The highest BCUT2D eigenvalue weighted by Gasteiger charge is 2.21. The second kappa shape index (κ2) is 7.32. The second-order valence-electron chi connectivity index (χ2n) is 6.07. The summed E-state index contributed by atoms with van der Waals surface area (Å²) in [5.74, 6) is 0.531. The van der Waals surface area contributed by atoms with E-state index in [-0.39, 0.29) is 6.04 Å². The molecule has 128 valence electrons. The van der Waals surface area contributed by atoms with Gasteiger partial charge < -0.3 is 4.74 Å². The Hall–Kier alpha value is -1.92. The van der Waals surface area contributed by atoms with Gasteiger partial charge in [0.15, 0.2) is 0 Å². The molecule has 0 spiro atoms. The van der Waals surface area contributed by atoms with Crippen LogP contribution in [0.2, 0.25) is 0 Å². The maximum absolute atomic E-state index is 12.5. The van der Waals surface area contributed by atoms with E-state index in [9.17, 15) is 8.42 Å². The van der Waals surface area contributed by atoms with Gasteiger partial charge >= 0.3 is 0 Å². The second-order valence-corrected chi connectivity index (χ2v) is 7.78. The van der Waals surface area contributed by atoms with E-state index in [1.807, 2.05) is 24.3 Å². The normalized spacial score (nSPS) is 16.0. The Balaban J connectivity index is 1.77. The van der Waals surface area contributed by atoms with E-state index in [0.29, 0.717) is 10.8 Å². The summed E-state index contributed by atoms with van der Waals surface area (Å²) < 4.78 is 33.0. The predicted molar refractivity (Wildman–Crippen MR) is 93.4 cm³/mol. The molecule has 0 atom stereocenters. The van der Waals surface area contributed by atoms with Crippen molar-refractivity contribution in [2.24, 2.45) is 0 Å². The van der Waals surface area contributed by atoms with Crippen LogP contribution in [0.3, 0.4) is 0 Å². The van der Waals surface area contributed by atoms with Crippen LogP contribution in [0.25, 0.3) is 11.1 Å². The maximum atomic E-state index is 12.5. The number of ether oxygens (including phenoxy) is 1. The molecule has 0 bridgehead atoms. The number of methoxy groups -OCH3 is 1. The Bertz CT molecular complexity index is 782. The number of aromatic nitrogens is 1. The molecule has 24 heavy (non-hydrogen) atoms. The molecule has 3 rings (SSSR count). The number of hydrogen-bond acceptors (Lipinski definition) is 4. The zero-order chi connectivity index (χ0) is 17.0. The molecular formula is C18H22N2O3S. The summed E-state index contributed by atoms with van der Waals surface area (Å²) >= 11 is 0. The molecule has 0 unspecified atom stereocenters. The molecule has 1 N–H and O–H groups in total. The van der Waals surface area contributed by atoms with Crippen molar-refractivity contribution in [3.63, 3.8) is 0 Å².